The molecule has 2 atom stereocenters. The number of ether oxygens (including phenoxy) is 1. The van der Waals surface area contributed by atoms with E-state index in [1.54, 1.807) is 7.11 Å². The summed E-state index contributed by atoms with van der Waals surface area (Å²) in [4.78, 5) is 13.0. The number of aryl methyl sites for hydroxylation is 1. The molecule has 2 unspecified atom stereocenters. The number of methoxy groups -OCH3 is 1. The van der Waals surface area contributed by atoms with Crippen molar-refractivity contribution < 1.29 is 9.53 Å². The lowest BCUT2D eigenvalue weighted by Crippen LogP contribution is -2.33. The molecule has 4 heteroatoms. The van der Waals surface area contributed by atoms with Crippen molar-refractivity contribution in [1.82, 2.24) is 5.32 Å². The van der Waals surface area contributed by atoms with Crippen molar-refractivity contribution >= 4 is 18.5 Å². The first kappa shape index (κ1) is 13.4. The van der Waals surface area contributed by atoms with E-state index in [1.807, 2.05) is 25.1 Å². The van der Waals surface area contributed by atoms with Crippen LogP contribution in [0.2, 0.25) is 0 Å². The molecule has 0 saturated heterocycles. The van der Waals surface area contributed by atoms with Gasteiger partial charge in [0.05, 0.1) is 6.10 Å². The van der Waals surface area contributed by atoms with Crippen molar-refractivity contribution in [1.29, 1.82) is 0 Å². The van der Waals surface area contributed by atoms with E-state index in [0.717, 1.165) is 29.7 Å². The molecule has 1 saturated carbocycles. The minimum atomic E-state index is -0.00912. The van der Waals surface area contributed by atoms with Gasteiger partial charge in [0, 0.05) is 23.6 Å². The van der Waals surface area contributed by atoms with Crippen LogP contribution in [0.4, 0.5) is 0 Å². The molecule has 3 nitrogen and oxygen atoms in total. The van der Waals surface area contributed by atoms with Crippen LogP contribution in [0.25, 0.3) is 0 Å². The molecule has 0 bridgehead atoms. The van der Waals surface area contributed by atoms with Crippen LogP contribution in [0.15, 0.2) is 23.1 Å². The van der Waals surface area contributed by atoms with Crippen molar-refractivity contribution in [3.63, 3.8) is 0 Å². The van der Waals surface area contributed by atoms with Crippen LogP contribution in [0.3, 0.4) is 0 Å². The monoisotopic (exact) mass is 265 g/mol. The second-order valence-electron chi connectivity index (χ2n) is 4.84. The largest absolute Gasteiger partial charge is 0.381 e. The molecule has 18 heavy (non-hydrogen) atoms. The SMILES string of the molecule is COC1CCC(NC(=O)c2cc(S)ccc2C)C1. The van der Waals surface area contributed by atoms with Crippen molar-refractivity contribution in [3.05, 3.63) is 29.3 Å². The standard InChI is InChI=1S/C14H19NO2S/c1-9-3-6-12(18)8-13(9)14(16)15-10-4-5-11(7-10)17-2/h3,6,8,10-11,18H,4-5,7H2,1-2H3,(H,15,16). The third-order valence-electron chi connectivity index (χ3n) is 3.52. The molecule has 98 valence electrons. The third-order valence-corrected chi connectivity index (χ3v) is 3.80. The molecule has 1 N–H and O–H groups in total. The van der Waals surface area contributed by atoms with Crippen molar-refractivity contribution in [2.75, 3.05) is 7.11 Å². The van der Waals surface area contributed by atoms with Crippen LogP contribution < -0.4 is 5.32 Å². The van der Waals surface area contributed by atoms with E-state index >= 15 is 0 Å². The van der Waals surface area contributed by atoms with Gasteiger partial charge in [-0.15, -0.1) is 12.6 Å². The zero-order chi connectivity index (χ0) is 13.1. The van der Waals surface area contributed by atoms with Crippen molar-refractivity contribution in [2.24, 2.45) is 0 Å². The maximum atomic E-state index is 12.2. The molecule has 0 radical (unpaired) electrons. The molecule has 1 aliphatic rings. The fourth-order valence-corrected chi connectivity index (χ4v) is 2.61. The number of thiol groups is 1. The highest BCUT2D eigenvalue weighted by Crippen LogP contribution is 2.22. The minimum absolute atomic E-state index is 0.00912. The second-order valence-corrected chi connectivity index (χ2v) is 5.36. The van der Waals surface area contributed by atoms with Crippen molar-refractivity contribution in [2.45, 2.75) is 43.2 Å². The molecule has 0 heterocycles. The first-order valence-electron chi connectivity index (χ1n) is 6.23. The summed E-state index contributed by atoms with van der Waals surface area (Å²) in [5, 5.41) is 3.07. The van der Waals surface area contributed by atoms with Crippen LogP contribution in [0, 0.1) is 6.92 Å². The van der Waals surface area contributed by atoms with E-state index in [4.69, 9.17) is 4.74 Å². The number of hydrogen-bond donors (Lipinski definition) is 2. The van der Waals surface area contributed by atoms with Gasteiger partial charge in [0.2, 0.25) is 0 Å². The lowest BCUT2D eigenvalue weighted by atomic mass is 10.1. The van der Waals surface area contributed by atoms with Crippen LogP contribution in [-0.4, -0.2) is 25.2 Å². The van der Waals surface area contributed by atoms with Gasteiger partial charge >= 0.3 is 0 Å². The Labute approximate surface area is 113 Å². The van der Waals surface area contributed by atoms with Gasteiger partial charge in [-0.1, -0.05) is 6.07 Å². The highest BCUT2D eigenvalue weighted by Gasteiger charge is 2.26. The van der Waals surface area contributed by atoms with Crippen LogP contribution in [-0.2, 0) is 4.74 Å². The molecule has 1 aromatic rings. The van der Waals surface area contributed by atoms with Crippen LogP contribution in [0.1, 0.15) is 35.2 Å². The fraction of sp³-hybridized carbons (Fsp3) is 0.500. The Bertz CT molecular complexity index is 447. The van der Waals surface area contributed by atoms with Gasteiger partial charge < -0.3 is 10.1 Å². The lowest BCUT2D eigenvalue weighted by Gasteiger charge is -2.14. The summed E-state index contributed by atoms with van der Waals surface area (Å²) < 4.78 is 5.31. The molecule has 1 aliphatic carbocycles. The third kappa shape index (κ3) is 3.06. The summed E-state index contributed by atoms with van der Waals surface area (Å²) in [5.74, 6) is -0.00912. The average molecular weight is 265 g/mol. The average Bonchev–Trinajstić information content (AvgIpc) is 2.80. The Kier molecular flexibility index (Phi) is 4.30. The van der Waals surface area contributed by atoms with E-state index in [0.29, 0.717) is 5.56 Å². The summed E-state index contributed by atoms with van der Waals surface area (Å²) in [6.07, 6.45) is 3.20. The maximum absolute atomic E-state index is 12.2. The first-order valence-corrected chi connectivity index (χ1v) is 6.68. The molecule has 1 fully saturated rings. The van der Waals surface area contributed by atoms with E-state index in [9.17, 15) is 4.79 Å². The molecule has 0 spiro atoms. The minimum Gasteiger partial charge on any atom is -0.381 e. The molecular formula is C14H19NO2S. The van der Waals surface area contributed by atoms with Crippen LogP contribution in [0.5, 0.6) is 0 Å². The summed E-state index contributed by atoms with van der Waals surface area (Å²) in [6, 6.07) is 5.86. The van der Waals surface area contributed by atoms with E-state index in [1.165, 1.54) is 0 Å². The number of benzene rings is 1. The zero-order valence-electron chi connectivity index (χ0n) is 10.8. The number of carbonyl (C=O) groups is 1. The highest BCUT2D eigenvalue weighted by atomic mass is 32.1. The van der Waals surface area contributed by atoms with Gasteiger partial charge in [0.1, 0.15) is 0 Å². The fourth-order valence-electron chi connectivity index (χ4n) is 2.40. The molecule has 0 aliphatic heterocycles. The highest BCUT2D eigenvalue weighted by molar-refractivity contribution is 7.80. The maximum Gasteiger partial charge on any atom is 0.251 e. The molecule has 0 aromatic heterocycles. The van der Waals surface area contributed by atoms with Gasteiger partial charge in [0.15, 0.2) is 0 Å². The van der Waals surface area contributed by atoms with Gasteiger partial charge in [-0.05, 0) is 43.9 Å². The van der Waals surface area contributed by atoms with E-state index in [2.05, 4.69) is 17.9 Å². The van der Waals surface area contributed by atoms with E-state index in [-0.39, 0.29) is 18.1 Å². The number of rotatable bonds is 3. The van der Waals surface area contributed by atoms with Gasteiger partial charge in [-0.2, -0.15) is 0 Å². The Morgan fingerprint density at radius 1 is 1.44 bits per heavy atom. The second kappa shape index (κ2) is 5.76. The van der Waals surface area contributed by atoms with Crippen LogP contribution >= 0.6 is 12.6 Å². The predicted octanol–water partition coefficient (Wildman–Crippen LogP) is 2.58. The topological polar surface area (TPSA) is 38.3 Å². The lowest BCUT2D eigenvalue weighted by molar-refractivity contribution is 0.0914. The Hall–Kier alpha value is -1.00. The van der Waals surface area contributed by atoms with E-state index < -0.39 is 0 Å². The number of carbonyl (C=O) groups excluding carboxylic acids is 1. The summed E-state index contributed by atoms with van der Waals surface area (Å²) in [6.45, 7) is 1.94. The Morgan fingerprint density at radius 3 is 2.89 bits per heavy atom. The smallest absolute Gasteiger partial charge is 0.251 e. The summed E-state index contributed by atoms with van der Waals surface area (Å²) >= 11 is 4.27. The normalized spacial score (nSPS) is 23.1. The van der Waals surface area contributed by atoms with Crippen molar-refractivity contribution in [3.8, 4) is 0 Å². The molecule has 1 aromatic carbocycles. The predicted molar refractivity (Wildman–Crippen MR) is 74.3 cm³/mol. The number of amides is 1. The summed E-state index contributed by atoms with van der Waals surface area (Å²) in [7, 11) is 1.73. The quantitative estimate of drug-likeness (QED) is 0.824. The molecular weight excluding hydrogens is 246 g/mol. The molecule has 2 rings (SSSR count). The molecule has 1 amide bonds. The van der Waals surface area contributed by atoms with Gasteiger partial charge in [-0.25, -0.2) is 0 Å². The Balaban J connectivity index is 2.02. The van der Waals surface area contributed by atoms with Gasteiger partial charge in [0.25, 0.3) is 5.91 Å². The first-order chi connectivity index (χ1) is 8.60. The zero-order valence-corrected chi connectivity index (χ0v) is 11.7. The van der Waals surface area contributed by atoms with Gasteiger partial charge in [-0.3, -0.25) is 4.79 Å². The number of nitrogens with one attached hydrogen (secondary N) is 1. The summed E-state index contributed by atoms with van der Waals surface area (Å²) in [5.41, 5.74) is 1.69. The Morgan fingerprint density at radius 2 is 2.22 bits per heavy atom. The number of hydrogen-bond acceptors (Lipinski definition) is 3.